The van der Waals surface area contributed by atoms with Crippen LogP contribution in [0, 0.1) is 0 Å². The Morgan fingerprint density at radius 2 is 1.76 bits per heavy atom. The van der Waals surface area contributed by atoms with E-state index in [2.05, 4.69) is 30.5 Å². The van der Waals surface area contributed by atoms with E-state index in [1.54, 1.807) is 32.7 Å². The van der Waals surface area contributed by atoms with Crippen LogP contribution in [0.2, 0.25) is 0 Å². The molecular weight excluding hydrogens is 468 g/mol. The molecular formula is C27H28N8O2. The molecule has 0 atom stereocenters. The predicted molar refractivity (Wildman–Crippen MR) is 144 cm³/mol. The van der Waals surface area contributed by atoms with Gasteiger partial charge in [-0.1, -0.05) is 6.07 Å². The zero-order valence-electron chi connectivity index (χ0n) is 21.2. The van der Waals surface area contributed by atoms with Gasteiger partial charge in [0.2, 0.25) is 0 Å². The average Bonchev–Trinajstić information content (AvgIpc) is 3.53. The van der Waals surface area contributed by atoms with Crippen LogP contribution in [-0.2, 0) is 0 Å². The maximum absolute atomic E-state index is 13.1. The van der Waals surface area contributed by atoms with Crippen molar-refractivity contribution in [2.75, 3.05) is 32.5 Å². The van der Waals surface area contributed by atoms with Crippen LogP contribution < -0.4 is 5.32 Å². The number of aromatic nitrogens is 5. The zero-order chi connectivity index (χ0) is 26.1. The Morgan fingerprint density at radius 3 is 2.51 bits per heavy atom. The van der Waals surface area contributed by atoms with Gasteiger partial charge in [0.05, 0.1) is 17.6 Å². The molecule has 0 saturated heterocycles. The van der Waals surface area contributed by atoms with Crippen LogP contribution in [0.3, 0.4) is 0 Å². The fourth-order valence-corrected chi connectivity index (χ4v) is 4.32. The van der Waals surface area contributed by atoms with Crippen molar-refractivity contribution >= 4 is 39.6 Å². The number of aromatic amines is 2. The number of urea groups is 1. The Morgan fingerprint density at radius 1 is 0.973 bits per heavy atom. The normalized spacial score (nSPS) is 11.1. The molecule has 10 nitrogen and oxygen atoms in total. The molecule has 3 amide bonds. The number of hydrogen-bond acceptors (Lipinski definition) is 5. The fraction of sp³-hybridized carbons (Fsp3) is 0.222. The minimum absolute atomic E-state index is 0.00530. The van der Waals surface area contributed by atoms with Crippen molar-refractivity contribution in [3.8, 4) is 22.5 Å². The first-order valence-electron chi connectivity index (χ1n) is 12.1. The Hall–Kier alpha value is -4.73. The Balaban J connectivity index is 1.54. The number of carbonyl (C=O) groups is 2. The van der Waals surface area contributed by atoms with Crippen molar-refractivity contribution in [3.05, 3.63) is 60.6 Å². The number of rotatable bonds is 6. The lowest BCUT2D eigenvalue weighted by molar-refractivity contribution is 0.0775. The molecule has 4 heterocycles. The zero-order valence-corrected chi connectivity index (χ0v) is 21.2. The molecule has 0 spiro atoms. The standard InChI is InChI=1S/C27H28N8O2/c1-5-35(6-2)26(36)19-8-7-9-22-20(19)12-23(31-22)24-21-11-17(14-29-25(21)33-32-24)16-10-18(15-28-13-16)30-27(37)34(3)4/h7-15,31H,5-6H2,1-4H3,(H,30,37)(H,29,32,33). The van der Waals surface area contributed by atoms with Gasteiger partial charge in [0.1, 0.15) is 5.69 Å². The number of nitrogens with one attached hydrogen (secondary N) is 3. The molecule has 0 aliphatic heterocycles. The lowest BCUT2D eigenvalue weighted by atomic mass is 10.1. The monoisotopic (exact) mass is 496 g/mol. The van der Waals surface area contributed by atoms with E-state index in [4.69, 9.17) is 0 Å². The van der Waals surface area contributed by atoms with Gasteiger partial charge in [-0.05, 0) is 44.2 Å². The fourth-order valence-electron chi connectivity index (χ4n) is 4.32. The van der Waals surface area contributed by atoms with E-state index < -0.39 is 0 Å². The van der Waals surface area contributed by atoms with Crippen LogP contribution in [0.25, 0.3) is 44.5 Å². The van der Waals surface area contributed by atoms with Gasteiger partial charge in [0, 0.05) is 72.6 Å². The van der Waals surface area contributed by atoms with Crippen LogP contribution >= 0.6 is 0 Å². The maximum Gasteiger partial charge on any atom is 0.321 e. The van der Waals surface area contributed by atoms with Gasteiger partial charge in [0.25, 0.3) is 5.91 Å². The summed E-state index contributed by atoms with van der Waals surface area (Å²) in [6, 6.07) is 11.3. The summed E-state index contributed by atoms with van der Waals surface area (Å²) in [5.74, 6) is 0.00530. The Labute approximate surface area is 213 Å². The van der Waals surface area contributed by atoms with Gasteiger partial charge >= 0.3 is 6.03 Å². The third-order valence-electron chi connectivity index (χ3n) is 6.35. The van der Waals surface area contributed by atoms with E-state index in [0.29, 0.717) is 35.7 Å². The molecule has 0 fully saturated rings. The Bertz CT molecular complexity index is 1610. The average molecular weight is 497 g/mol. The molecule has 0 radical (unpaired) electrons. The Kier molecular flexibility index (Phi) is 6.31. The van der Waals surface area contributed by atoms with Crippen molar-refractivity contribution in [2.45, 2.75) is 13.8 Å². The summed E-state index contributed by atoms with van der Waals surface area (Å²) in [5, 5.41) is 12.0. The highest BCUT2D eigenvalue weighted by Gasteiger charge is 2.19. The van der Waals surface area contributed by atoms with Crippen LogP contribution in [0.4, 0.5) is 10.5 Å². The van der Waals surface area contributed by atoms with E-state index in [1.165, 1.54) is 4.90 Å². The van der Waals surface area contributed by atoms with Crippen LogP contribution in [0.15, 0.2) is 55.0 Å². The number of amides is 3. The second kappa shape index (κ2) is 9.73. The topological polar surface area (TPSA) is 123 Å². The maximum atomic E-state index is 13.1. The molecule has 0 aliphatic carbocycles. The summed E-state index contributed by atoms with van der Waals surface area (Å²) in [5.41, 5.74) is 5.87. The van der Waals surface area contributed by atoms with E-state index in [1.807, 2.05) is 55.1 Å². The number of hydrogen-bond donors (Lipinski definition) is 3. The second-order valence-electron chi connectivity index (χ2n) is 8.91. The summed E-state index contributed by atoms with van der Waals surface area (Å²) in [4.78, 5) is 40.7. The summed E-state index contributed by atoms with van der Waals surface area (Å²) >= 11 is 0. The minimum Gasteiger partial charge on any atom is -0.353 e. The third-order valence-corrected chi connectivity index (χ3v) is 6.35. The number of nitrogens with zero attached hydrogens (tertiary/aromatic N) is 5. The number of benzene rings is 1. The van der Waals surface area contributed by atoms with Crippen molar-refractivity contribution in [2.24, 2.45) is 0 Å². The highest BCUT2D eigenvalue weighted by Crippen LogP contribution is 2.32. The van der Waals surface area contributed by atoms with Gasteiger partial charge in [-0.25, -0.2) is 9.78 Å². The molecule has 37 heavy (non-hydrogen) atoms. The second-order valence-corrected chi connectivity index (χ2v) is 8.91. The van der Waals surface area contributed by atoms with E-state index >= 15 is 0 Å². The third kappa shape index (κ3) is 4.49. The van der Waals surface area contributed by atoms with Gasteiger partial charge in [-0.15, -0.1) is 0 Å². The molecule has 3 N–H and O–H groups in total. The largest absolute Gasteiger partial charge is 0.353 e. The molecule has 5 rings (SSSR count). The predicted octanol–water partition coefficient (Wildman–Crippen LogP) is 4.74. The number of pyridine rings is 2. The molecule has 1 aromatic carbocycles. The molecule has 188 valence electrons. The van der Waals surface area contributed by atoms with Gasteiger partial charge in [0.15, 0.2) is 5.65 Å². The molecule has 0 bridgehead atoms. The number of anilines is 1. The SMILES string of the molecule is CCN(CC)C(=O)c1cccc2[nH]c(-c3n[nH]c4ncc(-c5cncc(NC(=O)N(C)C)c5)cc34)cc12. The highest BCUT2D eigenvalue weighted by atomic mass is 16.2. The first kappa shape index (κ1) is 24.0. The molecule has 0 unspecified atom stereocenters. The smallest absolute Gasteiger partial charge is 0.321 e. The molecule has 0 aliphatic rings. The van der Waals surface area contributed by atoms with Crippen molar-refractivity contribution < 1.29 is 9.59 Å². The molecule has 5 aromatic rings. The van der Waals surface area contributed by atoms with Gasteiger partial charge in [-0.2, -0.15) is 5.10 Å². The summed E-state index contributed by atoms with van der Waals surface area (Å²) in [6.07, 6.45) is 5.06. The summed E-state index contributed by atoms with van der Waals surface area (Å²) in [6.45, 7) is 5.25. The molecule has 0 saturated carbocycles. The highest BCUT2D eigenvalue weighted by molar-refractivity contribution is 6.08. The van der Waals surface area contributed by atoms with Gasteiger partial charge in [-0.3, -0.25) is 14.9 Å². The first-order valence-corrected chi connectivity index (χ1v) is 12.1. The quantitative estimate of drug-likeness (QED) is 0.313. The van der Waals surface area contributed by atoms with Crippen molar-refractivity contribution in [1.82, 2.24) is 34.9 Å². The minimum atomic E-state index is -0.234. The number of fused-ring (bicyclic) bond motifs is 2. The summed E-state index contributed by atoms with van der Waals surface area (Å²) < 4.78 is 0. The molecule has 4 aromatic heterocycles. The lowest BCUT2D eigenvalue weighted by Crippen LogP contribution is -2.30. The molecule has 10 heteroatoms. The summed E-state index contributed by atoms with van der Waals surface area (Å²) in [7, 11) is 3.36. The van der Waals surface area contributed by atoms with Crippen molar-refractivity contribution in [3.63, 3.8) is 0 Å². The number of H-pyrrole nitrogens is 2. The van der Waals surface area contributed by atoms with Crippen molar-refractivity contribution in [1.29, 1.82) is 0 Å². The first-order chi connectivity index (χ1) is 17.9. The lowest BCUT2D eigenvalue weighted by Gasteiger charge is -2.18. The van der Waals surface area contributed by atoms with Crippen LogP contribution in [0.5, 0.6) is 0 Å². The van der Waals surface area contributed by atoms with E-state index in [9.17, 15) is 9.59 Å². The van der Waals surface area contributed by atoms with Crippen LogP contribution in [0.1, 0.15) is 24.2 Å². The van der Waals surface area contributed by atoms with Gasteiger partial charge < -0.3 is 20.1 Å². The van der Waals surface area contributed by atoms with E-state index in [-0.39, 0.29) is 11.9 Å². The van der Waals surface area contributed by atoms with Crippen LogP contribution in [-0.4, -0.2) is 74.1 Å². The number of carbonyl (C=O) groups excluding carboxylic acids is 2. The van der Waals surface area contributed by atoms with E-state index in [0.717, 1.165) is 33.1 Å².